The monoisotopic (exact) mass is 766 g/mol. The van der Waals surface area contributed by atoms with Gasteiger partial charge in [0.2, 0.25) is 0 Å². The van der Waals surface area contributed by atoms with Crippen LogP contribution < -0.4 is 0 Å². The molecule has 0 spiro atoms. The van der Waals surface area contributed by atoms with Crippen molar-refractivity contribution in [3.63, 3.8) is 0 Å². The van der Waals surface area contributed by atoms with E-state index in [1.165, 1.54) is 32.6 Å². The average Bonchev–Trinajstić information content (AvgIpc) is 4.06. The minimum Gasteiger partial charge on any atom is -0.456 e. The third kappa shape index (κ3) is 4.77. The standard InChI is InChI=1S/C55H34N4O/c1-3-14-37(15-4-1)57-47-22-10-7-18-41(47)44-34-51-45(33-50(44)57)42-19-8-11-23-48(42)58(51)39-30-31-43-53(32-39)60-52-25-13-20-40(54(43)52)35-26-28-36(29-27-35)55-56-46-21-9-12-24-49(46)59(55)38-16-5-2-6-17-38/h1-34H. The molecular weight excluding hydrogens is 733 g/mol. The van der Waals surface area contributed by atoms with Gasteiger partial charge >= 0.3 is 0 Å². The molecule has 0 aliphatic rings. The van der Waals surface area contributed by atoms with Crippen molar-refractivity contribution in [3.8, 4) is 39.6 Å². The van der Waals surface area contributed by atoms with Gasteiger partial charge in [-0.15, -0.1) is 0 Å². The lowest BCUT2D eigenvalue weighted by molar-refractivity contribution is 0.668. The second kappa shape index (κ2) is 12.7. The maximum Gasteiger partial charge on any atom is 0.145 e. The Morgan fingerprint density at radius 1 is 0.333 bits per heavy atom. The number of hydrogen-bond acceptors (Lipinski definition) is 2. The molecule has 0 N–H and O–H groups in total. The summed E-state index contributed by atoms with van der Waals surface area (Å²) in [6.07, 6.45) is 0. The first-order valence-corrected chi connectivity index (χ1v) is 20.4. The highest BCUT2D eigenvalue weighted by Gasteiger charge is 2.20. The van der Waals surface area contributed by atoms with Gasteiger partial charge in [-0.3, -0.25) is 4.57 Å². The van der Waals surface area contributed by atoms with E-state index < -0.39 is 0 Å². The van der Waals surface area contributed by atoms with Gasteiger partial charge in [0.05, 0.1) is 33.1 Å². The third-order valence-corrected chi connectivity index (χ3v) is 12.2. The Hall–Kier alpha value is -8.15. The van der Waals surface area contributed by atoms with Crippen LogP contribution in [0.1, 0.15) is 0 Å². The van der Waals surface area contributed by atoms with Gasteiger partial charge < -0.3 is 13.6 Å². The highest BCUT2D eigenvalue weighted by Crippen LogP contribution is 2.42. The van der Waals surface area contributed by atoms with Gasteiger partial charge in [0, 0.05) is 61.0 Å². The van der Waals surface area contributed by atoms with Gasteiger partial charge in [-0.1, -0.05) is 121 Å². The Morgan fingerprint density at radius 3 is 1.58 bits per heavy atom. The van der Waals surface area contributed by atoms with Crippen LogP contribution in [0.4, 0.5) is 0 Å². The maximum absolute atomic E-state index is 6.72. The molecule has 4 heterocycles. The number of furan rings is 1. The summed E-state index contributed by atoms with van der Waals surface area (Å²) in [5, 5.41) is 7.10. The van der Waals surface area contributed by atoms with Crippen LogP contribution in [0, 0.1) is 0 Å². The molecule has 13 aromatic rings. The fourth-order valence-corrected chi connectivity index (χ4v) is 9.62. The molecule has 0 saturated carbocycles. The molecule has 5 heteroatoms. The minimum absolute atomic E-state index is 0.857. The van der Waals surface area contributed by atoms with E-state index >= 15 is 0 Å². The van der Waals surface area contributed by atoms with Gasteiger partial charge in [-0.2, -0.15) is 0 Å². The van der Waals surface area contributed by atoms with Crippen molar-refractivity contribution in [1.82, 2.24) is 18.7 Å². The molecule has 5 nitrogen and oxygen atoms in total. The van der Waals surface area contributed by atoms with E-state index in [9.17, 15) is 0 Å². The second-order valence-corrected chi connectivity index (χ2v) is 15.6. The van der Waals surface area contributed by atoms with E-state index in [0.717, 1.165) is 83.6 Å². The Labute approximate surface area is 344 Å². The van der Waals surface area contributed by atoms with E-state index in [1.54, 1.807) is 0 Å². The summed E-state index contributed by atoms with van der Waals surface area (Å²) in [6, 6.07) is 73.5. The zero-order valence-corrected chi connectivity index (χ0v) is 32.3. The molecule has 0 saturated heterocycles. The van der Waals surface area contributed by atoms with E-state index in [4.69, 9.17) is 9.40 Å². The summed E-state index contributed by atoms with van der Waals surface area (Å²) < 4.78 is 13.8. The molecule has 0 amide bonds. The molecule has 0 bridgehead atoms. The topological polar surface area (TPSA) is 40.8 Å². The third-order valence-electron chi connectivity index (χ3n) is 12.2. The summed E-state index contributed by atoms with van der Waals surface area (Å²) >= 11 is 0. The molecule has 280 valence electrons. The zero-order chi connectivity index (χ0) is 39.3. The molecule has 0 fully saturated rings. The first-order valence-electron chi connectivity index (χ1n) is 20.4. The Bertz CT molecular complexity index is 3810. The van der Waals surface area contributed by atoms with E-state index in [1.807, 2.05) is 12.1 Å². The summed E-state index contributed by atoms with van der Waals surface area (Å²) in [7, 11) is 0. The molecular formula is C55H34N4O. The number of fused-ring (bicyclic) bond motifs is 10. The molecule has 13 rings (SSSR count). The molecule has 4 aromatic heterocycles. The van der Waals surface area contributed by atoms with Crippen LogP contribution in [0.3, 0.4) is 0 Å². The van der Waals surface area contributed by atoms with E-state index in [-0.39, 0.29) is 0 Å². The summed E-state index contributed by atoms with van der Waals surface area (Å²) in [4.78, 5) is 5.10. The lowest BCUT2D eigenvalue weighted by Gasteiger charge is -2.11. The van der Waals surface area contributed by atoms with E-state index in [0.29, 0.717) is 0 Å². The molecule has 0 unspecified atom stereocenters. The van der Waals surface area contributed by atoms with Crippen LogP contribution in [-0.4, -0.2) is 18.7 Å². The van der Waals surface area contributed by atoms with Crippen molar-refractivity contribution < 1.29 is 4.42 Å². The number of benzene rings is 9. The molecule has 0 aliphatic carbocycles. The molecule has 9 aromatic carbocycles. The van der Waals surface area contributed by atoms with Crippen molar-refractivity contribution >= 4 is 76.6 Å². The van der Waals surface area contributed by atoms with Crippen LogP contribution in [0.2, 0.25) is 0 Å². The summed E-state index contributed by atoms with van der Waals surface area (Å²) in [5.41, 5.74) is 15.1. The van der Waals surface area contributed by atoms with Crippen LogP contribution in [0.15, 0.2) is 211 Å². The Morgan fingerprint density at radius 2 is 0.900 bits per heavy atom. The lowest BCUT2D eigenvalue weighted by atomic mass is 9.98. The SMILES string of the molecule is c1ccc(-n2c(-c3ccc(-c4cccc5oc6cc(-n7c8ccccc8c8cc9c(cc87)c7ccccc7n9-c7ccccc7)ccc6c45)cc3)nc3ccccc32)cc1. The first kappa shape index (κ1) is 32.9. The van der Waals surface area contributed by atoms with Crippen molar-refractivity contribution in [2.45, 2.75) is 0 Å². The average molecular weight is 767 g/mol. The van der Waals surface area contributed by atoms with E-state index in [2.05, 4.69) is 208 Å². The van der Waals surface area contributed by atoms with Gasteiger partial charge in [0.15, 0.2) is 0 Å². The largest absolute Gasteiger partial charge is 0.456 e. The van der Waals surface area contributed by atoms with Gasteiger partial charge in [-0.05, 0) is 90.0 Å². The van der Waals surface area contributed by atoms with Gasteiger partial charge in [0.25, 0.3) is 0 Å². The highest BCUT2D eigenvalue weighted by atomic mass is 16.3. The maximum atomic E-state index is 6.72. The fourth-order valence-electron chi connectivity index (χ4n) is 9.62. The quantitative estimate of drug-likeness (QED) is 0.175. The molecule has 60 heavy (non-hydrogen) atoms. The molecule has 0 aliphatic heterocycles. The number of hydrogen-bond donors (Lipinski definition) is 0. The number of nitrogens with zero attached hydrogens (tertiary/aromatic N) is 4. The van der Waals surface area contributed by atoms with Crippen LogP contribution in [0.25, 0.3) is 116 Å². The fraction of sp³-hybridized carbons (Fsp3) is 0. The molecule has 0 atom stereocenters. The number of aromatic nitrogens is 4. The van der Waals surface area contributed by atoms with Crippen LogP contribution in [0.5, 0.6) is 0 Å². The summed E-state index contributed by atoms with van der Waals surface area (Å²) in [5.74, 6) is 0.918. The highest BCUT2D eigenvalue weighted by molar-refractivity contribution is 6.19. The van der Waals surface area contributed by atoms with Crippen LogP contribution in [-0.2, 0) is 0 Å². The zero-order valence-electron chi connectivity index (χ0n) is 32.3. The Kier molecular flexibility index (Phi) is 6.95. The van der Waals surface area contributed by atoms with Crippen molar-refractivity contribution in [2.24, 2.45) is 0 Å². The predicted molar refractivity (Wildman–Crippen MR) is 248 cm³/mol. The lowest BCUT2D eigenvalue weighted by Crippen LogP contribution is -1.97. The summed E-state index contributed by atoms with van der Waals surface area (Å²) in [6.45, 7) is 0. The number of imidazole rings is 1. The number of rotatable bonds is 5. The second-order valence-electron chi connectivity index (χ2n) is 15.6. The van der Waals surface area contributed by atoms with Gasteiger partial charge in [-0.25, -0.2) is 4.98 Å². The predicted octanol–water partition coefficient (Wildman–Crippen LogP) is 14.5. The van der Waals surface area contributed by atoms with Crippen molar-refractivity contribution in [3.05, 3.63) is 206 Å². The number of para-hydroxylation sites is 6. The molecule has 0 radical (unpaired) electrons. The van der Waals surface area contributed by atoms with Crippen LogP contribution >= 0.6 is 0 Å². The minimum atomic E-state index is 0.857. The first-order chi connectivity index (χ1) is 29.8. The Balaban J connectivity index is 0.955. The smallest absolute Gasteiger partial charge is 0.145 e. The van der Waals surface area contributed by atoms with Gasteiger partial charge in [0.1, 0.15) is 17.0 Å². The normalized spacial score (nSPS) is 12.0. The van der Waals surface area contributed by atoms with Crippen molar-refractivity contribution in [2.75, 3.05) is 0 Å². The van der Waals surface area contributed by atoms with Crippen molar-refractivity contribution in [1.29, 1.82) is 0 Å².